The fourth-order valence-electron chi connectivity index (χ4n) is 1.47. The first-order chi connectivity index (χ1) is 8.04. The van der Waals surface area contributed by atoms with Crippen LogP contribution in [-0.2, 0) is 23.8 Å². The third-order valence-electron chi connectivity index (χ3n) is 2.39. The van der Waals surface area contributed by atoms with E-state index in [9.17, 15) is 9.59 Å². The quantitative estimate of drug-likeness (QED) is 0.346. The third-order valence-corrected chi connectivity index (χ3v) is 2.39. The molecule has 17 heavy (non-hydrogen) atoms. The monoisotopic (exact) mass is 246 g/mol. The zero-order chi connectivity index (χ0) is 13.3. The Labute approximate surface area is 102 Å². The largest absolute Gasteiger partial charge is 0.468 e. The average molecular weight is 246 g/mol. The number of methoxy groups -OCH3 is 2. The Balaban J connectivity index is 4.03. The molecule has 100 valence electrons. The Kier molecular flexibility index (Phi) is 8.62. The van der Waals surface area contributed by atoms with Crippen LogP contribution in [0, 0.1) is 11.8 Å². The molecule has 0 fully saturated rings. The van der Waals surface area contributed by atoms with E-state index in [1.54, 1.807) is 7.11 Å². The molecular formula is C12H22O5. The highest BCUT2D eigenvalue weighted by molar-refractivity contribution is 5.99. The molecule has 0 heterocycles. The molecule has 0 aromatic heterocycles. The van der Waals surface area contributed by atoms with E-state index in [0.717, 1.165) is 0 Å². The molecule has 5 nitrogen and oxygen atoms in total. The number of hydrogen-bond acceptors (Lipinski definition) is 5. The number of ether oxygens (including phenoxy) is 3. The van der Waals surface area contributed by atoms with Gasteiger partial charge in [-0.05, 0) is 5.92 Å². The number of esters is 1. The van der Waals surface area contributed by atoms with Crippen molar-refractivity contribution in [3.05, 3.63) is 0 Å². The van der Waals surface area contributed by atoms with Crippen molar-refractivity contribution in [3.63, 3.8) is 0 Å². The molecule has 0 aliphatic carbocycles. The number of carbonyl (C=O) groups excluding carboxylic acids is 2. The summed E-state index contributed by atoms with van der Waals surface area (Å²) in [5.41, 5.74) is 0. The molecule has 0 aliphatic heterocycles. The van der Waals surface area contributed by atoms with Gasteiger partial charge < -0.3 is 14.2 Å². The molecule has 0 amide bonds. The first-order valence-corrected chi connectivity index (χ1v) is 5.71. The number of carbonyl (C=O) groups is 2. The van der Waals surface area contributed by atoms with Gasteiger partial charge in [-0.3, -0.25) is 9.59 Å². The molecule has 0 rings (SSSR count). The highest BCUT2D eigenvalue weighted by Crippen LogP contribution is 2.15. The van der Waals surface area contributed by atoms with Gasteiger partial charge in [0.1, 0.15) is 11.7 Å². The lowest BCUT2D eigenvalue weighted by Gasteiger charge is -2.16. The van der Waals surface area contributed by atoms with Crippen LogP contribution in [0.5, 0.6) is 0 Å². The van der Waals surface area contributed by atoms with Crippen molar-refractivity contribution in [1.29, 1.82) is 0 Å². The van der Waals surface area contributed by atoms with E-state index >= 15 is 0 Å². The Hall–Kier alpha value is -0.940. The molecule has 0 saturated heterocycles. The van der Waals surface area contributed by atoms with Crippen LogP contribution in [-0.4, -0.2) is 45.8 Å². The van der Waals surface area contributed by atoms with Crippen LogP contribution in [0.2, 0.25) is 0 Å². The van der Waals surface area contributed by atoms with Gasteiger partial charge >= 0.3 is 5.97 Å². The summed E-state index contributed by atoms with van der Waals surface area (Å²) in [6.07, 6.45) is 0.224. The minimum Gasteiger partial charge on any atom is -0.468 e. The molecule has 0 aromatic rings. The van der Waals surface area contributed by atoms with Crippen molar-refractivity contribution in [2.75, 3.05) is 34.0 Å². The molecule has 0 aliphatic rings. The summed E-state index contributed by atoms with van der Waals surface area (Å²) in [6.45, 7) is 4.91. The number of hydrogen-bond donors (Lipinski definition) is 0. The van der Waals surface area contributed by atoms with Crippen molar-refractivity contribution >= 4 is 11.8 Å². The highest BCUT2D eigenvalue weighted by Gasteiger charge is 2.29. The van der Waals surface area contributed by atoms with Crippen molar-refractivity contribution < 1.29 is 23.8 Å². The fraction of sp³-hybridized carbons (Fsp3) is 0.833. The van der Waals surface area contributed by atoms with Gasteiger partial charge in [-0.2, -0.15) is 0 Å². The Bertz CT molecular complexity index is 237. The van der Waals surface area contributed by atoms with Crippen molar-refractivity contribution in [2.45, 2.75) is 20.3 Å². The summed E-state index contributed by atoms with van der Waals surface area (Å²) in [7, 11) is 2.88. The van der Waals surface area contributed by atoms with Gasteiger partial charge in [-0.25, -0.2) is 0 Å². The summed E-state index contributed by atoms with van der Waals surface area (Å²) < 4.78 is 14.6. The van der Waals surface area contributed by atoms with Crippen molar-refractivity contribution in [2.24, 2.45) is 11.8 Å². The predicted molar refractivity (Wildman–Crippen MR) is 62.7 cm³/mol. The number of ketones is 1. The minimum absolute atomic E-state index is 0.0612. The summed E-state index contributed by atoms with van der Waals surface area (Å²) >= 11 is 0. The van der Waals surface area contributed by atoms with E-state index in [0.29, 0.717) is 19.8 Å². The Morgan fingerprint density at radius 3 is 2.18 bits per heavy atom. The smallest absolute Gasteiger partial charge is 0.316 e. The standard InChI is InChI=1S/C12H22O5/c1-9(2)11(12(14)16-4)10(13)5-6-17-8-7-15-3/h9,11H,5-8H2,1-4H3. The summed E-state index contributed by atoms with van der Waals surface area (Å²) in [4.78, 5) is 23.2. The molecule has 0 aromatic carbocycles. The molecule has 0 radical (unpaired) electrons. The Morgan fingerprint density at radius 1 is 1.06 bits per heavy atom. The Morgan fingerprint density at radius 2 is 1.71 bits per heavy atom. The van der Waals surface area contributed by atoms with Gasteiger partial charge in [0.25, 0.3) is 0 Å². The van der Waals surface area contributed by atoms with Crippen LogP contribution in [0.1, 0.15) is 20.3 Å². The lowest BCUT2D eigenvalue weighted by Crippen LogP contribution is -2.30. The van der Waals surface area contributed by atoms with Gasteiger partial charge in [-0.1, -0.05) is 13.8 Å². The number of Topliss-reactive ketones (excluding diaryl/α,β-unsaturated/α-hetero) is 1. The predicted octanol–water partition coefficient (Wildman–Crippen LogP) is 1.05. The minimum atomic E-state index is -0.689. The topological polar surface area (TPSA) is 61.8 Å². The highest BCUT2D eigenvalue weighted by atomic mass is 16.5. The van der Waals surface area contributed by atoms with Crippen LogP contribution < -0.4 is 0 Å². The second-order valence-electron chi connectivity index (χ2n) is 4.07. The fourth-order valence-corrected chi connectivity index (χ4v) is 1.47. The molecule has 5 heteroatoms. The van der Waals surface area contributed by atoms with Gasteiger partial charge in [0.2, 0.25) is 0 Å². The number of rotatable bonds is 9. The maximum Gasteiger partial charge on any atom is 0.316 e. The van der Waals surface area contributed by atoms with Crippen molar-refractivity contribution in [3.8, 4) is 0 Å². The molecule has 0 bridgehead atoms. The maximum atomic E-state index is 11.8. The summed E-state index contributed by atoms with van der Waals surface area (Å²) in [6, 6.07) is 0. The first-order valence-electron chi connectivity index (χ1n) is 5.71. The first kappa shape index (κ1) is 16.1. The van der Waals surface area contributed by atoms with Crippen LogP contribution in [0.25, 0.3) is 0 Å². The molecule has 0 N–H and O–H groups in total. The van der Waals surface area contributed by atoms with Gasteiger partial charge in [-0.15, -0.1) is 0 Å². The van der Waals surface area contributed by atoms with Gasteiger partial charge in [0, 0.05) is 13.5 Å². The maximum absolute atomic E-state index is 11.8. The summed E-state index contributed by atoms with van der Waals surface area (Å²) in [5.74, 6) is -1.36. The van der Waals surface area contributed by atoms with Gasteiger partial charge in [0.15, 0.2) is 0 Å². The lowest BCUT2D eigenvalue weighted by molar-refractivity contribution is -0.151. The lowest BCUT2D eigenvalue weighted by atomic mass is 9.90. The van der Waals surface area contributed by atoms with Crippen LogP contribution in [0.4, 0.5) is 0 Å². The van der Waals surface area contributed by atoms with Crippen LogP contribution in [0.15, 0.2) is 0 Å². The zero-order valence-corrected chi connectivity index (χ0v) is 11.0. The van der Waals surface area contributed by atoms with Crippen LogP contribution >= 0.6 is 0 Å². The summed E-state index contributed by atoms with van der Waals surface area (Å²) in [5, 5.41) is 0. The third kappa shape index (κ3) is 6.38. The second-order valence-corrected chi connectivity index (χ2v) is 4.07. The zero-order valence-electron chi connectivity index (χ0n) is 11.0. The van der Waals surface area contributed by atoms with Crippen molar-refractivity contribution in [1.82, 2.24) is 0 Å². The molecule has 1 unspecified atom stereocenters. The van der Waals surface area contributed by atoms with E-state index < -0.39 is 11.9 Å². The van der Waals surface area contributed by atoms with E-state index in [2.05, 4.69) is 4.74 Å². The second kappa shape index (κ2) is 9.13. The van der Waals surface area contributed by atoms with E-state index in [1.807, 2.05) is 13.8 Å². The normalized spacial score (nSPS) is 12.5. The molecular weight excluding hydrogens is 224 g/mol. The SMILES string of the molecule is COCCOCCC(=O)C(C(=O)OC)C(C)C. The molecule has 0 spiro atoms. The van der Waals surface area contributed by atoms with Crippen LogP contribution in [0.3, 0.4) is 0 Å². The molecule has 0 saturated carbocycles. The van der Waals surface area contributed by atoms with E-state index in [4.69, 9.17) is 9.47 Å². The van der Waals surface area contributed by atoms with E-state index in [1.165, 1.54) is 7.11 Å². The average Bonchev–Trinajstić information content (AvgIpc) is 2.28. The van der Waals surface area contributed by atoms with Gasteiger partial charge in [0.05, 0.1) is 26.9 Å². The van der Waals surface area contributed by atoms with E-state index in [-0.39, 0.29) is 18.1 Å². The molecule has 1 atom stereocenters.